The summed E-state index contributed by atoms with van der Waals surface area (Å²) in [5.74, 6) is -0.125. The molecule has 2 aliphatic rings. The molecule has 5 heteroatoms. The molecule has 0 bridgehead atoms. The van der Waals surface area contributed by atoms with E-state index < -0.39 is 0 Å². The molecule has 0 aliphatic carbocycles. The Balaban J connectivity index is 2.02. The van der Waals surface area contributed by atoms with E-state index in [1.165, 1.54) is 7.11 Å². The quantitative estimate of drug-likeness (QED) is 0.794. The number of nitrogens with one attached hydrogen (secondary N) is 1. The van der Waals surface area contributed by atoms with Crippen LogP contribution in [0.25, 0.3) is 0 Å². The molecule has 0 saturated carbocycles. The van der Waals surface area contributed by atoms with Crippen LogP contribution in [-0.2, 0) is 14.3 Å². The van der Waals surface area contributed by atoms with Crippen molar-refractivity contribution in [2.75, 3.05) is 19.0 Å². The summed E-state index contributed by atoms with van der Waals surface area (Å²) < 4.78 is 10.6. The number of benzene rings is 1. The molecular formula is C13H14ClNO3. The zero-order chi connectivity index (χ0) is 12.7. The van der Waals surface area contributed by atoms with Crippen LogP contribution in [-0.4, -0.2) is 25.7 Å². The second kappa shape index (κ2) is 4.44. The molecule has 3 atom stereocenters. The fourth-order valence-electron chi connectivity index (χ4n) is 2.80. The Bertz CT molecular complexity index is 491. The van der Waals surface area contributed by atoms with E-state index in [1.54, 1.807) is 6.07 Å². The second-order valence-corrected chi connectivity index (χ2v) is 5.06. The Labute approximate surface area is 110 Å². The Morgan fingerprint density at radius 1 is 1.56 bits per heavy atom. The number of methoxy groups -OCH3 is 1. The molecule has 0 aromatic heterocycles. The first kappa shape index (κ1) is 11.8. The number of fused-ring (bicyclic) bond motifs is 3. The van der Waals surface area contributed by atoms with Gasteiger partial charge in [0.05, 0.1) is 13.2 Å². The van der Waals surface area contributed by atoms with E-state index in [9.17, 15) is 4.79 Å². The summed E-state index contributed by atoms with van der Waals surface area (Å²) in [6, 6.07) is 5.25. The first-order valence-electron chi connectivity index (χ1n) is 5.96. The Kier molecular flexibility index (Phi) is 2.92. The number of carbonyl (C=O) groups excluding carboxylic acids is 1. The van der Waals surface area contributed by atoms with Crippen LogP contribution in [0.15, 0.2) is 18.2 Å². The summed E-state index contributed by atoms with van der Waals surface area (Å²) in [6.07, 6.45) is 0.785. The van der Waals surface area contributed by atoms with E-state index in [1.807, 2.05) is 12.1 Å². The molecule has 2 heterocycles. The fourth-order valence-corrected chi connectivity index (χ4v) is 2.98. The third-order valence-corrected chi connectivity index (χ3v) is 3.89. The third-order valence-electron chi connectivity index (χ3n) is 3.65. The van der Waals surface area contributed by atoms with Crippen LogP contribution in [0.5, 0.6) is 0 Å². The number of anilines is 1. The highest BCUT2D eigenvalue weighted by atomic mass is 35.5. The van der Waals surface area contributed by atoms with Gasteiger partial charge in [0.25, 0.3) is 0 Å². The lowest BCUT2D eigenvalue weighted by atomic mass is 9.84. The van der Waals surface area contributed by atoms with Gasteiger partial charge in [-0.25, -0.2) is 4.79 Å². The number of rotatable bonds is 1. The van der Waals surface area contributed by atoms with Crippen molar-refractivity contribution in [3.63, 3.8) is 0 Å². The summed E-state index contributed by atoms with van der Waals surface area (Å²) in [5.41, 5.74) is 1.93. The number of carbonyl (C=O) groups is 1. The maximum Gasteiger partial charge on any atom is 0.328 e. The Morgan fingerprint density at radius 2 is 2.39 bits per heavy atom. The monoisotopic (exact) mass is 267 g/mol. The van der Waals surface area contributed by atoms with Gasteiger partial charge < -0.3 is 14.8 Å². The van der Waals surface area contributed by atoms with Crippen molar-refractivity contribution in [3.8, 4) is 0 Å². The lowest BCUT2D eigenvalue weighted by Gasteiger charge is -2.34. The highest BCUT2D eigenvalue weighted by Gasteiger charge is 2.44. The molecular weight excluding hydrogens is 254 g/mol. The van der Waals surface area contributed by atoms with E-state index in [-0.39, 0.29) is 24.0 Å². The van der Waals surface area contributed by atoms with Crippen molar-refractivity contribution >= 4 is 23.3 Å². The molecule has 0 spiro atoms. The van der Waals surface area contributed by atoms with Crippen molar-refractivity contribution in [1.29, 1.82) is 0 Å². The van der Waals surface area contributed by atoms with Gasteiger partial charge in [0.2, 0.25) is 0 Å². The van der Waals surface area contributed by atoms with Crippen molar-refractivity contribution in [2.24, 2.45) is 5.92 Å². The predicted octanol–water partition coefficient (Wildman–Crippen LogP) is 2.38. The van der Waals surface area contributed by atoms with Crippen molar-refractivity contribution in [1.82, 2.24) is 0 Å². The van der Waals surface area contributed by atoms with Crippen LogP contribution in [0.1, 0.15) is 18.1 Å². The molecule has 1 aromatic rings. The SMILES string of the molecule is COC(=O)C1Nc2ccc(Cl)cc2C2OCCC12. The van der Waals surface area contributed by atoms with Gasteiger partial charge in [-0.05, 0) is 24.6 Å². The van der Waals surface area contributed by atoms with Crippen LogP contribution in [0.2, 0.25) is 5.02 Å². The highest BCUT2D eigenvalue weighted by Crippen LogP contribution is 2.45. The van der Waals surface area contributed by atoms with Gasteiger partial charge in [-0.2, -0.15) is 0 Å². The fraction of sp³-hybridized carbons (Fsp3) is 0.462. The smallest absolute Gasteiger partial charge is 0.328 e. The van der Waals surface area contributed by atoms with E-state index in [4.69, 9.17) is 21.1 Å². The molecule has 1 saturated heterocycles. The molecule has 96 valence electrons. The van der Waals surface area contributed by atoms with E-state index in [0.29, 0.717) is 11.6 Å². The van der Waals surface area contributed by atoms with Gasteiger partial charge in [-0.3, -0.25) is 0 Å². The molecule has 1 fully saturated rings. The molecule has 18 heavy (non-hydrogen) atoms. The van der Waals surface area contributed by atoms with Crippen LogP contribution in [0, 0.1) is 5.92 Å². The minimum atomic E-state index is -0.337. The largest absolute Gasteiger partial charge is 0.467 e. The highest BCUT2D eigenvalue weighted by molar-refractivity contribution is 6.30. The Morgan fingerprint density at radius 3 is 3.17 bits per heavy atom. The van der Waals surface area contributed by atoms with Gasteiger partial charge in [0.1, 0.15) is 6.04 Å². The van der Waals surface area contributed by atoms with E-state index in [2.05, 4.69) is 5.32 Å². The first-order chi connectivity index (χ1) is 8.70. The molecule has 3 rings (SSSR count). The van der Waals surface area contributed by atoms with Gasteiger partial charge in [-0.1, -0.05) is 11.6 Å². The Hall–Kier alpha value is -1.26. The van der Waals surface area contributed by atoms with Gasteiger partial charge in [0, 0.05) is 28.8 Å². The minimum Gasteiger partial charge on any atom is -0.467 e. The number of ether oxygens (including phenoxy) is 2. The summed E-state index contributed by atoms with van der Waals surface area (Å²) in [7, 11) is 1.41. The summed E-state index contributed by atoms with van der Waals surface area (Å²) in [4.78, 5) is 11.8. The van der Waals surface area contributed by atoms with Crippen molar-refractivity contribution in [3.05, 3.63) is 28.8 Å². The molecule has 0 amide bonds. The lowest BCUT2D eigenvalue weighted by molar-refractivity contribution is -0.143. The predicted molar refractivity (Wildman–Crippen MR) is 67.7 cm³/mol. The molecule has 2 aliphatic heterocycles. The van der Waals surface area contributed by atoms with Crippen molar-refractivity contribution < 1.29 is 14.3 Å². The third kappa shape index (κ3) is 1.76. The lowest BCUT2D eigenvalue weighted by Crippen LogP contribution is -2.42. The summed E-state index contributed by atoms with van der Waals surface area (Å²) in [5, 5.41) is 3.91. The average molecular weight is 268 g/mol. The van der Waals surface area contributed by atoms with Crippen LogP contribution < -0.4 is 5.32 Å². The van der Waals surface area contributed by atoms with Crippen LogP contribution >= 0.6 is 11.6 Å². The standard InChI is InChI=1S/C13H14ClNO3/c1-17-13(16)11-8-4-5-18-12(8)9-6-7(14)2-3-10(9)15-11/h2-3,6,8,11-12,15H,4-5H2,1H3. The van der Waals surface area contributed by atoms with Gasteiger partial charge >= 0.3 is 5.97 Å². The molecule has 1 N–H and O–H groups in total. The number of esters is 1. The molecule has 1 aromatic carbocycles. The average Bonchev–Trinajstić information content (AvgIpc) is 2.86. The van der Waals surface area contributed by atoms with Crippen molar-refractivity contribution in [2.45, 2.75) is 18.6 Å². The normalized spacial score (nSPS) is 29.1. The second-order valence-electron chi connectivity index (χ2n) is 4.62. The first-order valence-corrected chi connectivity index (χ1v) is 6.34. The minimum absolute atomic E-state index is 0.0657. The maximum atomic E-state index is 11.8. The van der Waals surface area contributed by atoms with Crippen LogP contribution in [0.4, 0.5) is 5.69 Å². The zero-order valence-corrected chi connectivity index (χ0v) is 10.7. The zero-order valence-electron chi connectivity index (χ0n) is 9.98. The number of hydrogen-bond acceptors (Lipinski definition) is 4. The number of hydrogen-bond donors (Lipinski definition) is 1. The maximum absolute atomic E-state index is 11.8. The van der Waals surface area contributed by atoms with Crippen LogP contribution in [0.3, 0.4) is 0 Å². The summed E-state index contributed by atoms with van der Waals surface area (Å²) in [6.45, 7) is 0.663. The molecule has 3 unspecified atom stereocenters. The summed E-state index contributed by atoms with van der Waals surface area (Å²) >= 11 is 6.02. The van der Waals surface area contributed by atoms with Gasteiger partial charge in [0.15, 0.2) is 0 Å². The molecule has 4 nitrogen and oxygen atoms in total. The van der Waals surface area contributed by atoms with E-state index >= 15 is 0 Å². The van der Waals surface area contributed by atoms with E-state index in [0.717, 1.165) is 17.7 Å². The van der Waals surface area contributed by atoms with Gasteiger partial charge in [-0.15, -0.1) is 0 Å². The molecule has 0 radical (unpaired) electrons. The number of halogens is 1. The topological polar surface area (TPSA) is 47.6 Å².